The molecule has 1 saturated heterocycles. The summed E-state index contributed by atoms with van der Waals surface area (Å²) in [6.07, 6.45) is -3.38. The molecule has 0 aromatic carbocycles. The first-order valence-electron chi connectivity index (χ1n) is 6.92. The Labute approximate surface area is 130 Å². The summed E-state index contributed by atoms with van der Waals surface area (Å²) in [7, 11) is 0. The van der Waals surface area contributed by atoms with E-state index in [9.17, 15) is 25.2 Å². The number of aromatic hydroxyl groups is 1. The van der Waals surface area contributed by atoms with Crippen LogP contribution in [-0.2, 0) is 9.53 Å². The van der Waals surface area contributed by atoms with Crippen LogP contribution in [0.4, 0.5) is 11.5 Å². The molecule has 0 saturated carbocycles. The SMILES string of the molecule is CC(=O)NN1CN([C@@H]2O[C@H](CO)C(O)C2O)c2ncnc(O)c21. The number of hydrazine groups is 1. The van der Waals surface area contributed by atoms with Gasteiger partial charge in [-0.05, 0) is 0 Å². The van der Waals surface area contributed by atoms with Crippen LogP contribution in [-0.4, -0.2) is 74.1 Å². The van der Waals surface area contributed by atoms with Crippen molar-refractivity contribution in [3.63, 3.8) is 0 Å². The van der Waals surface area contributed by atoms with E-state index in [-0.39, 0.29) is 30.0 Å². The summed E-state index contributed by atoms with van der Waals surface area (Å²) in [5.41, 5.74) is 2.66. The van der Waals surface area contributed by atoms with Gasteiger partial charge >= 0.3 is 0 Å². The van der Waals surface area contributed by atoms with Crippen LogP contribution in [0.25, 0.3) is 0 Å². The van der Waals surface area contributed by atoms with Crippen LogP contribution in [0.3, 0.4) is 0 Å². The van der Waals surface area contributed by atoms with Gasteiger partial charge in [-0.3, -0.25) is 15.2 Å². The maximum Gasteiger partial charge on any atom is 0.242 e. The molecule has 3 heterocycles. The van der Waals surface area contributed by atoms with Gasteiger partial charge in [0.2, 0.25) is 11.8 Å². The van der Waals surface area contributed by atoms with Gasteiger partial charge in [-0.2, -0.15) is 4.98 Å². The number of ether oxygens (including phenoxy) is 1. The number of carbonyl (C=O) groups is 1. The van der Waals surface area contributed by atoms with E-state index >= 15 is 0 Å². The summed E-state index contributed by atoms with van der Waals surface area (Å²) in [6, 6.07) is 0. The Morgan fingerprint density at radius 2 is 2.17 bits per heavy atom. The van der Waals surface area contributed by atoms with Crippen molar-refractivity contribution in [3.05, 3.63) is 6.33 Å². The number of carbonyl (C=O) groups excluding carboxylic acids is 1. The van der Waals surface area contributed by atoms with E-state index in [0.717, 1.165) is 6.33 Å². The fourth-order valence-corrected chi connectivity index (χ4v) is 2.72. The standard InChI is InChI=1S/C12H17N5O6/c1-5(19)15-17-4-16(10-7(17)11(22)14-3-13-10)12-9(21)8(20)6(2-18)23-12/h3,6,8-9,12,18,20-21H,2,4H2,1H3,(H,15,19)(H,13,14,22)/t6-,8?,9?,12-/m1/s1. The van der Waals surface area contributed by atoms with Gasteiger partial charge in [0.15, 0.2) is 17.7 Å². The second-order valence-corrected chi connectivity index (χ2v) is 5.31. The maximum atomic E-state index is 11.3. The van der Waals surface area contributed by atoms with Crippen molar-refractivity contribution in [2.45, 2.75) is 31.5 Å². The lowest BCUT2D eigenvalue weighted by Gasteiger charge is -2.28. The van der Waals surface area contributed by atoms with Crippen molar-refractivity contribution >= 4 is 17.4 Å². The second kappa shape index (κ2) is 5.77. The van der Waals surface area contributed by atoms with Gasteiger partial charge in [0, 0.05) is 6.92 Å². The molecule has 4 atom stereocenters. The van der Waals surface area contributed by atoms with E-state index in [1.165, 1.54) is 16.8 Å². The molecule has 1 fully saturated rings. The lowest BCUT2D eigenvalue weighted by Crippen LogP contribution is -2.49. The van der Waals surface area contributed by atoms with Crippen LogP contribution in [0.1, 0.15) is 6.92 Å². The number of aliphatic hydroxyl groups is 3. The molecule has 1 amide bonds. The third kappa shape index (κ3) is 2.53. The summed E-state index contributed by atoms with van der Waals surface area (Å²) < 4.78 is 5.46. The van der Waals surface area contributed by atoms with E-state index in [1.54, 1.807) is 0 Å². The quantitative estimate of drug-likeness (QED) is 0.395. The molecule has 3 rings (SSSR count). The highest BCUT2D eigenvalue weighted by atomic mass is 16.6. The molecule has 2 aliphatic heterocycles. The molecule has 126 valence electrons. The number of hydrogen-bond acceptors (Lipinski definition) is 10. The minimum atomic E-state index is -1.30. The van der Waals surface area contributed by atoms with E-state index in [0.29, 0.717) is 0 Å². The van der Waals surface area contributed by atoms with Crippen LogP contribution in [0, 0.1) is 0 Å². The van der Waals surface area contributed by atoms with Gasteiger partial charge in [-0.1, -0.05) is 0 Å². The second-order valence-electron chi connectivity index (χ2n) is 5.31. The first-order valence-corrected chi connectivity index (χ1v) is 6.92. The van der Waals surface area contributed by atoms with Crippen LogP contribution in [0.5, 0.6) is 5.88 Å². The van der Waals surface area contributed by atoms with Crippen molar-refractivity contribution in [3.8, 4) is 5.88 Å². The number of aliphatic hydroxyl groups excluding tert-OH is 3. The van der Waals surface area contributed by atoms with Crippen molar-refractivity contribution in [2.75, 3.05) is 23.2 Å². The molecule has 5 N–H and O–H groups in total. The van der Waals surface area contributed by atoms with Gasteiger partial charge in [0.05, 0.1) is 6.61 Å². The lowest BCUT2D eigenvalue weighted by molar-refractivity contribution is -0.119. The van der Waals surface area contributed by atoms with E-state index in [4.69, 9.17) is 4.74 Å². The maximum absolute atomic E-state index is 11.3. The monoisotopic (exact) mass is 327 g/mol. The molecule has 1 aromatic rings. The highest BCUT2D eigenvalue weighted by molar-refractivity contribution is 5.82. The number of fused-ring (bicyclic) bond motifs is 1. The number of aromatic nitrogens is 2. The minimum absolute atomic E-state index is 0.00770. The smallest absolute Gasteiger partial charge is 0.242 e. The Bertz CT molecular complexity index is 616. The lowest BCUT2D eigenvalue weighted by atomic mass is 10.1. The third-order valence-corrected chi connectivity index (χ3v) is 3.74. The molecular weight excluding hydrogens is 310 g/mol. The van der Waals surface area contributed by atoms with Crippen molar-refractivity contribution < 1.29 is 30.0 Å². The summed E-state index contributed by atoms with van der Waals surface area (Å²) in [5, 5.41) is 40.4. The third-order valence-electron chi connectivity index (χ3n) is 3.74. The first kappa shape index (κ1) is 15.7. The average Bonchev–Trinajstić information content (AvgIpc) is 2.99. The number of hydrogen-bond donors (Lipinski definition) is 5. The summed E-state index contributed by atoms with van der Waals surface area (Å²) >= 11 is 0. The number of rotatable bonds is 3. The van der Waals surface area contributed by atoms with Gasteiger partial charge < -0.3 is 30.1 Å². The molecule has 1 aromatic heterocycles. The Hall–Kier alpha value is -2.21. The molecule has 11 nitrogen and oxygen atoms in total. The van der Waals surface area contributed by atoms with Crippen molar-refractivity contribution in [1.82, 2.24) is 15.4 Å². The molecule has 0 radical (unpaired) electrons. The largest absolute Gasteiger partial charge is 0.492 e. The van der Waals surface area contributed by atoms with Crippen LogP contribution < -0.4 is 15.3 Å². The van der Waals surface area contributed by atoms with Crippen LogP contribution in [0.15, 0.2) is 6.33 Å². The number of anilines is 2. The van der Waals surface area contributed by atoms with Gasteiger partial charge in [-0.15, -0.1) is 0 Å². The molecule has 2 aliphatic rings. The Kier molecular flexibility index (Phi) is 3.93. The molecule has 0 bridgehead atoms. The zero-order valence-corrected chi connectivity index (χ0v) is 12.2. The van der Waals surface area contributed by atoms with Gasteiger partial charge in [-0.25, -0.2) is 4.98 Å². The number of nitrogens with one attached hydrogen (secondary N) is 1. The zero-order chi connectivity index (χ0) is 16.7. The molecule has 23 heavy (non-hydrogen) atoms. The zero-order valence-electron chi connectivity index (χ0n) is 12.2. The fourth-order valence-electron chi connectivity index (χ4n) is 2.72. The number of nitrogens with zero attached hydrogens (tertiary/aromatic N) is 4. The molecule has 0 spiro atoms. The predicted octanol–water partition coefficient (Wildman–Crippen LogP) is -2.74. The fraction of sp³-hybridized carbons (Fsp3) is 0.583. The predicted molar refractivity (Wildman–Crippen MR) is 75.1 cm³/mol. The Balaban J connectivity index is 1.93. The van der Waals surface area contributed by atoms with E-state index < -0.39 is 31.1 Å². The van der Waals surface area contributed by atoms with Crippen molar-refractivity contribution in [2.24, 2.45) is 0 Å². The average molecular weight is 327 g/mol. The Morgan fingerprint density at radius 3 is 2.78 bits per heavy atom. The summed E-state index contributed by atoms with van der Waals surface area (Å²) in [5.74, 6) is -0.499. The summed E-state index contributed by atoms with van der Waals surface area (Å²) in [6.45, 7) is 0.850. The van der Waals surface area contributed by atoms with Crippen LogP contribution in [0.2, 0.25) is 0 Å². The van der Waals surface area contributed by atoms with E-state index in [2.05, 4.69) is 15.4 Å². The van der Waals surface area contributed by atoms with Crippen LogP contribution >= 0.6 is 0 Å². The molecule has 11 heteroatoms. The number of amides is 1. The van der Waals surface area contributed by atoms with Gasteiger partial charge in [0.25, 0.3) is 0 Å². The van der Waals surface area contributed by atoms with E-state index in [1.807, 2.05) is 0 Å². The summed E-state index contributed by atoms with van der Waals surface area (Å²) in [4.78, 5) is 20.5. The Morgan fingerprint density at radius 1 is 1.43 bits per heavy atom. The molecule has 2 unspecified atom stereocenters. The normalized spacial score (nSPS) is 29.7. The minimum Gasteiger partial charge on any atom is -0.492 e. The van der Waals surface area contributed by atoms with Gasteiger partial charge in [0.1, 0.15) is 31.3 Å². The highest BCUT2D eigenvalue weighted by Crippen LogP contribution is 2.41. The van der Waals surface area contributed by atoms with Crippen molar-refractivity contribution in [1.29, 1.82) is 0 Å². The highest BCUT2D eigenvalue weighted by Gasteiger charge is 2.48. The first-order chi connectivity index (χ1) is 10.9. The molecule has 0 aliphatic carbocycles. The topological polar surface area (TPSA) is 152 Å². The molecular formula is C12H17N5O6.